The van der Waals surface area contributed by atoms with Gasteiger partial charge in [0.2, 0.25) is 5.91 Å². The summed E-state index contributed by atoms with van der Waals surface area (Å²) in [5, 5.41) is 5.05. The van der Waals surface area contributed by atoms with Crippen LogP contribution in [0.15, 0.2) is 45.3 Å². The zero-order valence-corrected chi connectivity index (χ0v) is 15.8. The minimum absolute atomic E-state index is 0.135. The van der Waals surface area contributed by atoms with Crippen LogP contribution in [0.1, 0.15) is 19.8 Å². The molecule has 8 heteroatoms. The third-order valence-electron chi connectivity index (χ3n) is 3.99. The van der Waals surface area contributed by atoms with Gasteiger partial charge in [-0.05, 0) is 42.1 Å². The molecule has 0 spiro atoms. The van der Waals surface area contributed by atoms with E-state index in [4.69, 9.17) is 11.6 Å². The average molecular weight is 392 g/mol. The number of aromatic nitrogens is 2. The van der Waals surface area contributed by atoms with Gasteiger partial charge in [-0.2, -0.15) is 0 Å². The SMILES string of the molecule is CCCCNC(=O)Cn1c(=O)n(-c2ccc(Cl)cc2)c(=O)c2sccc21. The number of carbonyl (C=O) groups excluding carboxylic acids is 1. The van der Waals surface area contributed by atoms with Gasteiger partial charge in [-0.3, -0.25) is 14.2 Å². The maximum absolute atomic E-state index is 13.0. The fraction of sp³-hybridized carbons (Fsp3) is 0.278. The van der Waals surface area contributed by atoms with Crippen LogP contribution >= 0.6 is 22.9 Å². The van der Waals surface area contributed by atoms with E-state index in [1.165, 1.54) is 15.9 Å². The van der Waals surface area contributed by atoms with E-state index in [1.54, 1.807) is 35.7 Å². The summed E-state index contributed by atoms with van der Waals surface area (Å²) < 4.78 is 2.85. The Hall–Kier alpha value is -2.38. The minimum atomic E-state index is -0.547. The number of halogens is 1. The van der Waals surface area contributed by atoms with Crippen molar-refractivity contribution in [2.45, 2.75) is 26.3 Å². The predicted octanol–water partition coefficient (Wildman–Crippen LogP) is 2.78. The first kappa shape index (κ1) is 18.4. The number of benzene rings is 1. The summed E-state index contributed by atoms with van der Waals surface area (Å²) in [5.74, 6) is -0.255. The Kier molecular flexibility index (Phi) is 5.58. The van der Waals surface area contributed by atoms with Crippen LogP contribution in [-0.2, 0) is 11.3 Å². The van der Waals surface area contributed by atoms with E-state index < -0.39 is 11.2 Å². The molecule has 0 saturated heterocycles. The number of unbranched alkanes of at least 4 members (excludes halogenated alkanes) is 1. The maximum atomic E-state index is 13.0. The van der Waals surface area contributed by atoms with Crippen molar-refractivity contribution < 1.29 is 4.79 Å². The molecule has 0 saturated carbocycles. The van der Waals surface area contributed by atoms with Crippen molar-refractivity contribution in [3.63, 3.8) is 0 Å². The number of nitrogens with one attached hydrogen (secondary N) is 1. The summed E-state index contributed by atoms with van der Waals surface area (Å²) in [7, 11) is 0. The number of hydrogen-bond donors (Lipinski definition) is 1. The van der Waals surface area contributed by atoms with Crippen molar-refractivity contribution in [3.05, 3.63) is 61.6 Å². The fourth-order valence-electron chi connectivity index (χ4n) is 2.66. The van der Waals surface area contributed by atoms with E-state index in [9.17, 15) is 14.4 Å². The molecule has 1 aromatic carbocycles. The smallest absolute Gasteiger partial charge is 0.336 e. The van der Waals surface area contributed by atoms with Gasteiger partial charge in [0.15, 0.2) is 0 Å². The van der Waals surface area contributed by atoms with Crippen LogP contribution in [0.3, 0.4) is 0 Å². The molecule has 0 radical (unpaired) electrons. The van der Waals surface area contributed by atoms with Crippen LogP contribution < -0.4 is 16.6 Å². The molecule has 2 heterocycles. The molecule has 1 amide bonds. The second-order valence-electron chi connectivity index (χ2n) is 5.82. The molecule has 3 aromatic rings. The fourth-order valence-corrected chi connectivity index (χ4v) is 3.61. The van der Waals surface area contributed by atoms with E-state index in [0.29, 0.717) is 27.5 Å². The molecule has 0 fully saturated rings. The lowest BCUT2D eigenvalue weighted by molar-refractivity contribution is -0.121. The van der Waals surface area contributed by atoms with Crippen molar-refractivity contribution in [2.75, 3.05) is 6.54 Å². The van der Waals surface area contributed by atoms with Crippen LogP contribution in [0.25, 0.3) is 15.9 Å². The maximum Gasteiger partial charge on any atom is 0.336 e. The van der Waals surface area contributed by atoms with Crippen molar-refractivity contribution >= 4 is 39.1 Å². The lowest BCUT2D eigenvalue weighted by atomic mass is 10.3. The van der Waals surface area contributed by atoms with Gasteiger partial charge in [-0.15, -0.1) is 11.3 Å². The molecule has 0 aliphatic carbocycles. The van der Waals surface area contributed by atoms with E-state index in [1.807, 2.05) is 6.92 Å². The highest BCUT2D eigenvalue weighted by molar-refractivity contribution is 7.17. The van der Waals surface area contributed by atoms with Crippen LogP contribution in [-0.4, -0.2) is 21.6 Å². The van der Waals surface area contributed by atoms with Crippen molar-refractivity contribution in [1.82, 2.24) is 14.5 Å². The number of rotatable bonds is 6. The number of thiophene rings is 1. The molecule has 2 aromatic heterocycles. The highest BCUT2D eigenvalue weighted by Crippen LogP contribution is 2.17. The lowest BCUT2D eigenvalue weighted by Crippen LogP contribution is -2.41. The molecule has 0 aliphatic heterocycles. The Morgan fingerprint density at radius 1 is 1.19 bits per heavy atom. The van der Waals surface area contributed by atoms with Crippen LogP contribution in [0, 0.1) is 0 Å². The number of hydrogen-bond acceptors (Lipinski definition) is 4. The number of amides is 1. The van der Waals surface area contributed by atoms with Crippen molar-refractivity contribution in [3.8, 4) is 5.69 Å². The van der Waals surface area contributed by atoms with Gasteiger partial charge in [-0.25, -0.2) is 9.36 Å². The Morgan fingerprint density at radius 3 is 2.62 bits per heavy atom. The third kappa shape index (κ3) is 3.59. The van der Waals surface area contributed by atoms with Gasteiger partial charge in [-0.1, -0.05) is 24.9 Å². The molecule has 136 valence electrons. The molecule has 6 nitrogen and oxygen atoms in total. The Bertz CT molecular complexity index is 1050. The molecule has 0 unspecified atom stereocenters. The molecular weight excluding hydrogens is 374 g/mol. The Labute approximate surface area is 158 Å². The molecule has 0 atom stereocenters. The standard InChI is InChI=1S/C18H18ClN3O3S/c1-2-3-9-20-15(23)11-21-14-8-10-26-16(14)17(24)22(18(21)25)13-6-4-12(19)5-7-13/h4-8,10H,2-3,9,11H2,1H3,(H,20,23). The summed E-state index contributed by atoms with van der Waals surface area (Å²) in [6, 6.07) is 8.13. The second-order valence-corrected chi connectivity index (χ2v) is 7.18. The van der Waals surface area contributed by atoms with Crippen LogP contribution in [0.2, 0.25) is 5.02 Å². The lowest BCUT2D eigenvalue weighted by Gasteiger charge is -2.12. The van der Waals surface area contributed by atoms with E-state index >= 15 is 0 Å². The van der Waals surface area contributed by atoms with Gasteiger partial charge >= 0.3 is 5.69 Å². The second kappa shape index (κ2) is 7.88. The monoisotopic (exact) mass is 391 g/mol. The summed E-state index contributed by atoms with van der Waals surface area (Å²) in [5.41, 5.74) is -0.0560. The molecular formula is C18H18ClN3O3S. The van der Waals surface area contributed by atoms with Gasteiger partial charge in [0.1, 0.15) is 11.2 Å². The van der Waals surface area contributed by atoms with Gasteiger partial charge in [0.05, 0.1) is 11.2 Å². The first-order valence-corrected chi connectivity index (χ1v) is 9.54. The zero-order valence-electron chi connectivity index (χ0n) is 14.2. The third-order valence-corrected chi connectivity index (χ3v) is 5.14. The van der Waals surface area contributed by atoms with Crippen LogP contribution in [0.5, 0.6) is 0 Å². The highest BCUT2D eigenvalue weighted by Gasteiger charge is 2.17. The van der Waals surface area contributed by atoms with Gasteiger partial charge < -0.3 is 5.32 Å². The van der Waals surface area contributed by atoms with E-state index in [0.717, 1.165) is 17.4 Å². The summed E-state index contributed by atoms with van der Waals surface area (Å²) in [4.78, 5) is 38.0. The van der Waals surface area contributed by atoms with E-state index in [-0.39, 0.29) is 12.5 Å². The molecule has 0 aliphatic rings. The Morgan fingerprint density at radius 2 is 1.92 bits per heavy atom. The first-order valence-electron chi connectivity index (χ1n) is 8.28. The van der Waals surface area contributed by atoms with E-state index in [2.05, 4.69) is 5.32 Å². The zero-order chi connectivity index (χ0) is 18.7. The molecule has 0 bridgehead atoms. The van der Waals surface area contributed by atoms with Crippen molar-refractivity contribution in [1.29, 1.82) is 0 Å². The molecule has 1 N–H and O–H groups in total. The summed E-state index contributed by atoms with van der Waals surface area (Å²) >= 11 is 7.14. The number of carbonyl (C=O) groups is 1. The molecule has 26 heavy (non-hydrogen) atoms. The first-order chi connectivity index (χ1) is 12.5. The number of nitrogens with zero attached hydrogens (tertiary/aromatic N) is 2. The predicted molar refractivity (Wildman–Crippen MR) is 105 cm³/mol. The highest BCUT2D eigenvalue weighted by atomic mass is 35.5. The van der Waals surface area contributed by atoms with Gasteiger partial charge in [0, 0.05) is 11.6 Å². The normalized spacial score (nSPS) is 11.0. The largest absolute Gasteiger partial charge is 0.355 e. The van der Waals surface area contributed by atoms with Crippen molar-refractivity contribution in [2.24, 2.45) is 0 Å². The number of fused-ring (bicyclic) bond motifs is 1. The Balaban J connectivity index is 2.10. The van der Waals surface area contributed by atoms with Gasteiger partial charge in [0.25, 0.3) is 5.56 Å². The van der Waals surface area contributed by atoms with Crippen LogP contribution in [0.4, 0.5) is 0 Å². The average Bonchev–Trinajstić information content (AvgIpc) is 3.10. The molecule has 3 rings (SSSR count). The topological polar surface area (TPSA) is 73.1 Å². The summed E-state index contributed by atoms with van der Waals surface area (Å²) in [6.07, 6.45) is 1.84. The quantitative estimate of drug-likeness (QED) is 0.656. The minimum Gasteiger partial charge on any atom is -0.355 e. The summed E-state index contributed by atoms with van der Waals surface area (Å²) in [6.45, 7) is 2.46.